The van der Waals surface area contributed by atoms with Gasteiger partial charge in [-0.15, -0.1) is 0 Å². The Hall–Kier alpha value is -3.15. The van der Waals surface area contributed by atoms with Crippen LogP contribution in [0.1, 0.15) is 29.9 Å². The van der Waals surface area contributed by atoms with Gasteiger partial charge >= 0.3 is 12.1 Å². The van der Waals surface area contributed by atoms with Gasteiger partial charge in [0.05, 0.1) is 6.54 Å². The molecule has 4 heterocycles. The Kier molecular flexibility index (Phi) is 7.10. The molecule has 31 heavy (non-hydrogen) atoms. The number of nitrogens with zero attached hydrogens (tertiary/aromatic N) is 3. The number of carbonyl (C=O) groups excluding carboxylic acids is 1. The van der Waals surface area contributed by atoms with Crippen molar-refractivity contribution in [2.24, 2.45) is 0 Å². The van der Waals surface area contributed by atoms with Crippen molar-refractivity contribution in [2.75, 3.05) is 13.2 Å². The Bertz CT molecular complexity index is 897. The van der Waals surface area contributed by atoms with Gasteiger partial charge < -0.3 is 24.0 Å². The van der Waals surface area contributed by atoms with E-state index in [1.54, 1.807) is 12.3 Å². The summed E-state index contributed by atoms with van der Waals surface area (Å²) in [5.74, 6) is -1.31. The Morgan fingerprint density at radius 2 is 2.10 bits per heavy atom. The summed E-state index contributed by atoms with van der Waals surface area (Å²) in [7, 11) is 0. The molecule has 1 atom stereocenters. The second kappa shape index (κ2) is 9.77. The average Bonchev–Trinajstić information content (AvgIpc) is 3.42. The van der Waals surface area contributed by atoms with Crippen molar-refractivity contribution in [3.8, 4) is 5.88 Å². The monoisotopic (exact) mass is 443 g/mol. The Morgan fingerprint density at radius 3 is 2.71 bits per heavy atom. The van der Waals surface area contributed by atoms with E-state index in [0.717, 1.165) is 29.9 Å². The van der Waals surface area contributed by atoms with Crippen molar-refractivity contribution in [3.05, 3.63) is 41.4 Å². The zero-order valence-corrected chi connectivity index (χ0v) is 16.3. The summed E-state index contributed by atoms with van der Waals surface area (Å²) in [4.78, 5) is 27.4. The molecule has 4 rings (SSSR count). The van der Waals surface area contributed by atoms with Gasteiger partial charge in [-0.3, -0.25) is 4.79 Å². The van der Waals surface area contributed by atoms with Gasteiger partial charge in [0.2, 0.25) is 5.88 Å². The number of halogens is 3. The Balaban J connectivity index is 0.000000339. The van der Waals surface area contributed by atoms with E-state index in [1.165, 1.54) is 0 Å². The molecular formula is C19H20F3N3O6. The first-order valence-electron chi connectivity index (χ1n) is 9.46. The first-order valence-corrected chi connectivity index (χ1v) is 9.46. The fraction of sp³-hybridized carbons (Fsp3) is 0.474. The number of fused-ring (bicyclic) bond motifs is 1. The Labute approximate surface area is 174 Å². The lowest BCUT2D eigenvalue weighted by Crippen LogP contribution is -2.41. The van der Waals surface area contributed by atoms with E-state index in [0.29, 0.717) is 32.0 Å². The molecule has 0 aromatic carbocycles. The highest BCUT2D eigenvalue weighted by atomic mass is 19.4. The number of rotatable bonds is 4. The number of pyridine rings is 1. The number of ether oxygens (including phenoxy) is 2. The molecule has 2 aliphatic rings. The lowest BCUT2D eigenvalue weighted by Gasteiger charge is -2.28. The standard InChI is InChI=1S/C17H19N3O4.C2HF3O2/c21-17(15-4-3-9-22-15)20-8-6-14-12(10-20)13(19-24-14)11-23-16-5-1-2-7-18-16;3-2(4,5)1(6)7/h1-2,5,7,15H,3-4,6,8-11H2;(H,6,7)/t15-;/m1./s1. The minimum Gasteiger partial charge on any atom is -0.475 e. The number of carbonyl (C=O) groups is 2. The minimum atomic E-state index is -5.08. The summed E-state index contributed by atoms with van der Waals surface area (Å²) in [6, 6.07) is 5.49. The first kappa shape index (κ1) is 22.5. The van der Waals surface area contributed by atoms with E-state index >= 15 is 0 Å². The fourth-order valence-electron chi connectivity index (χ4n) is 3.12. The summed E-state index contributed by atoms with van der Waals surface area (Å²) >= 11 is 0. The molecular weight excluding hydrogens is 423 g/mol. The molecule has 0 bridgehead atoms. The van der Waals surface area contributed by atoms with Gasteiger partial charge in [0.1, 0.15) is 24.2 Å². The number of aromatic nitrogens is 2. The summed E-state index contributed by atoms with van der Waals surface area (Å²) in [6.45, 7) is 2.09. The third kappa shape index (κ3) is 5.94. The van der Waals surface area contributed by atoms with E-state index in [4.69, 9.17) is 23.9 Å². The number of carboxylic acid groups (broad SMARTS) is 1. The quantitative estimate of drug-likeness (QED) is 0.766. The average molecular weight is 443 g/mol. The second-order valence-corrected chi connectivity index (χ2v) is 6.80. The molecule has 1 N–H and O–H groups in total. The summed E-state index contributed by atoms with van der Waals surface area (Å²) in [5.41, 5.74) is 1.67. The molecule has 12 heteroatoms. The van der Waals surface area contributed by atoms with Gasteiger partial charge in [0.15, 0.2) is 0 Å². The van der Waals surface area contributed by atoms with Crippen LogP contribution in [0.5, 0.6) is 5.88 Å². The highest BCUT2D eigenvalue weighted by Gasteiger charge is 2.38. The van der Waals surface area contributed by atoms with Crippen molar-refractivity contribution in [1.82, 2.24) is 15.0 Å². The molecule has 0 unspecified atom stereocenters. The Morgan fingerprint density at radius 1 is 1.32 bits per heavy atom. The van der Waals surface area contributed by atoms with Crippen LogP contribution in [0.4, 0.5) is 13.2 Å². The maximum atomic E-state index is 12.5. The number of hydrogen-bond donors (Lipinski definition) is 1. The number of aliphatic carboxylic acids is 1. The zero-order chi connectivity index (χ0) is 22.4. The van der Waals surface area contributed by atoms with Crippen LogP contribution >= 0.6 is 0 Å². The van der Waals surface area contributed by atoms with Crippen molar-refractivity contribution in [2.45, 2.75) is 44.7 Å². The first-order chi connectivity index (χ1) is 14.8. The molecule has 2 aromatic heterocycles. The SMILES string of the molecule is O=C(O)C(F)(F)F.O=C([C@H]1CCCO1)N1CCc2onc(COc3ccccn3)c2C1. The number of alkyl halides is 3. The summed E-state index contributed by atoms with van der Waals surface area (Å²) < 4.78 is 48.3. The van der Waals surface area contributed by atoms with Crippen LogP contribution in [0.3, 0.4) is 0 Å². The van der Waals surface area contributed by atoms with Crippen LogP contribution in [0.2, 0.25) is 0 Å². The topological polar surface area (TPSA) is 115 Å². The second-order valence-electron chi connectivity index (χ2n) is 6.80. The fourth-order valence-corrected chi connectivity index (χ4v) is 3.12. The van der Waals surface area contributed by atoms with Crippen molar-refractivity contribution in [3.63, 3.8) is 0 Å². The van der Waals surface area contributed by atoms with Crippen LogP contribution in [-0.2, 0) is 33.9 Å². The van der Waals surface area contributed by atoms with Gasteiger partial charge in [-0.1, -0.05) is 11.2 Å². The van der Waals surface area contributed by atoms with Gasteiger partial charge in [0.25, 0.3) is 5.91 Å². The lowest BCUT2D eigenvalue weighted by molar-refractivity contribution is -0.192. The molecule has 0 spiro atoms. The molecule has 0 aliphatic carbocycles. The van der Waals surface area contributed by atoms with Crippen LogP contribution < -0.4 is 4.74 Å². The van der Waals surface area contributed by atoms with E-state index < -0.39 is 12.1 Å². The predicted octanol–water partition coefficient (Wildman–Crippen LogP) is 2.35. The molecule has 0 saturated carbocycles. The van der Waals surface area contributed by atoms with E-state index in [1.807, 2.05) is 17.0 Å². The number of hydrogen-bond acceptors (Lipinski definition) is 7. The molecule has 168 valence electrons. The zero-order valence-electron chi connectivity index (χ0n) is 16.3. The van der Waals surface area contributed by atoms with Crippen molar-refractivity contribution < 1.29 is 41.9 Å². The molecule has 1 saturated heterocycles. The third-order valence-corrected chi connectivity index (χ3v) is 4.66. The van der Waals surface area contributed by atoms with Gasteiger partial charge in [-0.05, 0) is 18.9 Å². The van der Waals surface area contributed by atoms with Gasteiger partial charge in [-0.25, -0.2) is 9.78 Å². The molecule has 1 fully saturated rings. The summed E-state index contributed by atoms with van der Waals surface area (Å²) in [6.07, 6.45) is -1.27. The van der Waals surface area contributed by atoms with Gasteiger partial charge in [0, 0.05) is 37.4 Å². The maximum Gasteiger partial charge on any atom is 0.490 e. The third-order valence-electron chi connectivity index (χ3n) is 4.66. The van der Waals surface area contributed by atoms with Crippen LogP contribution in [0.15, 0.2) is 28.9 Å². The van der Waals surface area contributed by atoms with E-state index in [9.17, 15) is 18.0 Å². The molecule has 9 nitrogen and oxygen atoms in total. The lowest BCUT2D eigenvalue weighted by atomic mass is 10.1. The van der Waals surface area contributed by atoms with E-state index in [2.05, 4.69) is 10.1 Å². The number of amides is 1. The normalized spacial score (nSPS) is 18.0. The largest absolute Gasteiger partial charge is 0.490 e. The highest BCUT2D eigenvalue weighted by Crippen LogP contribution is 2.25. The minimum absolute atomic E-state index is 0.0657. The highest BCUT2D eigenvalue weighted by molar-refractivity contribution is 5.81. The van der Waals surface area contributed by atoms with Crippen molar-refractivity contribution in [1.29, 1.82) is 0 Å². The van der Waals surface area contributed by atoms with Crippen LogP contribution in [-0.4, -0.2) is 57.5 Å². The van der Waals surface area contributed by atoms with E-state index in [-0.39, 0.29) is 18.6 Å². The number of carboxylic acids is 1. The van der Waals surface area contributed by atoms with Crippen LogP contribution in [0, 0.1) is 0 Å². The summed E-state index contributed by atoms with van der Waals surface area (Å²) in [5, 5.41) is 11.2. The molecule has 2 aromatic rings. The molecule has 2 aliphatic heterocycles. The van der Waals surface area contributed by atoms with Crippen molar-refractivity contribution >= 4 is 11.9 Å². The predicted molar refractivity (Wildman–Crippen MR) is 96.9 cm³/mol. The maximum absolute atomic E-state index is 12.5. The van der Waals surface area contributed by atoms with Crippen LogP contribution in [0.25, 0.3) is 0 Å². The molecule has 0 radical (unpaired) electrons. The van der Waals surface area contributed by atoms with Gasteiger partial charge in [-0.2, -0.15) is 13.2 Å². The smallest absolute Gasteiger partial charge is 0.475 e. The molecule has 1 amide bonds.